The Balaban J connectivity index is 2.12. The molecule has 0 heterocycles. The molecule has 4 aromatic carbocycles. The summed E-state index contributed by atoms with van der Waals surface area (Å²) in [5.74, 6) is 1.07. The van der Waals surface area contributed by atoms with Crippen LogP contribution < -0.4 is 15.9 Å². The van der Waals surface area contributed by atoms with E-state index in [9.17, 15) is 4.21 Å². The van der Waals surface area contributed by atoms with Crippen LogP contribution in [0.15, 0.2) is 97.1 Å². The molecule has 4 heteroatoms. The second-order valence-electron chi connectivity index (χ2n) is 13.5. The first kappa shape index (κ1) is 33.3. The van der Waals surface area contributed by atoms with Gasteiger partial charge >= 0.3 is 0 Å². The van der Waals surface area contributed by atoms with Gasteiger partial charge in [-0.2, -0.15) is 0 Å². The Morgan fingerprint density at radius 2 is 1.07 bits per heavy atom. The van der Waals surface area contributed by atoms with Crippen LogP contribution >= 0.6 is 7.92 Å². The van der Waals surface area contributed by atoms with Crippen LogP contribution in [0.1, 0.15) is 114 Å². The highest BCUT2D eigenvalue weighted by Gasteiger charge is 2.36. The minimum Gasteiger partial charge on any atom is -0.242 e. The SMILES string of the molecule is CC(C)c1cc(C(C)C)c([C@H](c2ccccc2P(c2ccccc2)c2ccccc2)N(C)[S@](=O)C(C)(C)C)c(C(C)C)c1. The number of hydrogen-bond donors (Lipinski definition) is 0. The molecule has 43 heavy (non-hydrogen) atoms. The molecule has 0 unspecified atom stereocenters. The molecule has 0 aromatic heterocycles. The first-order valence-corrected chi connectivity index (χ1v) is 18.1. The zero-order chi connectivity index (χ0) is 31.5. The molecular formula is C39H50NOPS. The molecule has 228 valence electrons. The van der Waals surface area contributed by atoms with Crippen LogP contribution in [0.25, 0.3) is 0 Å². The van der Waals surface area contributed by atoms with Crippen molar-refractivity contribution in [3.63, 3.8) is 0 Å². The van der Waals surface area contributed by atoms with Gasteiger partial charge < -0.3 is 0 Å². The zero-order valence-electron chi connectivity index (χ0n) is 27.8. The summed E-state index contributed by atoms with van der Waals surface area (Å²) in [4.78, 5) is 0. The fraction of sp³-hybridized carbons (Fsp3) is 0.385. The molecule has 0 spiro atoms. The van der Waals surface area contributed by atoms with Gasteiger partial charge in [-0.1, -0.05) is 139 Å². The summed E-state index contributed by atoms with van der Waals surface area (Å²) in [6.45, 7) is 20.0. The van der Waals surface area contributed by atoms with Crippen LogP contribution in [0.3, 0.4) is 0 Å². The van der Waals surface area contributed by atoms with E-state index < -0.39 is 23.7 Å². The fourth-order valence-electron chi connectivity index (χ4n) is 5.89. The molecule has 0 saturated heterocycles. The van der Waals surface area contributed by atoms with Gasteiger partial charge in [0.05, 0.1) is 10.8 Å². The molecule has 0 aliphatic rings. The number of rotatable bonds is 10. The van der Waals surface area contributed by atoms with E-state index in [1.165, 1.54) is 43.7 Å². The highest BCUT2D eigenvalue weighted by Crippen LogP contribution is 2.44. The molecular weight excluding hydrogens is 561 g/mol. The lowest BCUT2D eigenvalue weighted by Crippen LogP contribution is -2.40. The number of benzene rings is 4. The third kappa shape index (κ3) is 7.39. The second kappa shape index (κ2) is 14.0. The zero-order valence-corrected chi connectivity index (χ0v) is 29.5. The Kier molecular flexibility index (Phi) is 10.9. The van der Waals surface area contributed by atoms with E-state index in [-0.39, 0.29) is 6.04 Å². The van der Waals surface area contributed by atoms with Gasteiger partial charge in [0.2, 0.25) is 0 Å². The Morgan fingerprint density at radius 1 is 0.628 bits per heavy atom. The third-order valence-corrected chi connectivity index (χ3v) is 12.4. The van der Waals surface area contributed by atoms with Crippen molar-refractivity contribution in [3.8, 4) is 0 Å². The standard InChI is InChI=1S/C39H50NOPS/c1-27(2)30-25-34(28(3)4)37(35(26-30)29(5)6)38(40(10)43(41)39(7,8)9)33-23-17-18-24-36(33)42(31-19-13-11-14-20-31)32-21-15-12-16-22-32/h11-29,38H,1-10H3/t38-,43+/m0/s1. The van der Waals surface area contributed by atoms with E-state index in [0.29, 0.717) is 17.8 Å². The summed E-state index contributed by atoms with van der Waals surface area (Å²) in [7, 11) is -0.0239. The second-order valence-corrected chi connectivity index (χ2v) is 17.9. The topological polar surface area (TPSA) is 20.3 Å². The molecule has 0 aliphatic carbocycles. The van der Waals surface area contributed by atoms with Crippen molar-refractivity contribution in [3.05, 3.63) is 125 Å². The number of hydrogen-bond acceptors (Lipinski definition) is 1. The van der Waals surface area contributed by atoms with E-state index in [4.69, 9.17) is 0 Å². The van der Waals surface area contributed by atoms with Crippen LogP contribution in [-0.4, -0.2) is 20.3 Å². The van der Waals surface area contributed by atoms with Crippen molar-refractivity contribution < 1.29 is 4.21 Å². The highest BCUT2D eigenvalue weighted by molar-refractivity contribution is 7.84. The molecule has 0 saturated carbocycles. The Labute approximate surface area is 265 Å². The summed E-state index contributed by atoms with van der Waals surface area (Å²) < 4.78 is 16.1. The van der Waals surface area contributed by atoms with Crippen molar-refractivity contribution in [2.24, 2.45) is 0 Å². The van der Waals surface area contributed by atoms with Crippen LogP contribution in [0, 0.1) is 0 Å². The van der Waals surface area contributed by atoms with Crippen molar-refractivity contribution in [2.45, 2.75) is 90.9 Å². The molecule has 0 fully saturated rings. The van der Waals surface area contributed by atoms with Crippen LogP contribution in [-0.2, 0) is 11.0 Å². The van der Waals surface area contributed by atoms with Gasteiger partial charge in [-0.05, 0) is 90.2 Å². The predicted octanol–water partition coefficient (Wildman–Crippen LogP) is 9.30. The van der Waals surface area contributed by atoms with Gasteiger partial charge in [0.15, 0.2) is 0 Å². The van der Waals surface area contributed by atoms with E-state index in [1.54, 1.807) is 0 Å². The smallest absolute Gasteiger partial charge is 0.100 e. The molecule has 0 radical (unpaired) electrons. The van der Waals surface area contributed by atoms with E-state index >= 15 is 0 Å². The normalized spacial score (nSPS) is 13.8. The van der Waals surface area contributed by atoms with Gasteiger partial charge in [0.1, 0.15) is 11.0 Å². The molecule has 0 N–H and O–H groups in total. The number of nitrogens with zero attached hydrogens (tertiary/aromatic N) is 1. The summed E-state index contributed by atoms with van der Waals surface area (Å²) in [5.41, 5.74) is 6.64. The maximum Gasteiger partial charge on any atom is 0.100 e. The molecule has 0 amide bonds. The molecule has 2 atom stereocenters. The van der Waals surface area contributed by atoms with E-state index in [2.05, 4.69) is 171 Å². The van der Waals surface area contributed by atoms with Crippen molar-refractivity contribution >= 4 is 34.8 Å². The van der Waals surface area contributed by atoms with E-state index in [1.807, 2.05) is 0 Å². The lowest BCUT2D eigenvalue weighted by atomic mass is 9.80. The average molecular weight is 612 g/mol. The minimum atomic E-state index is -1.24. The van der Waals surface area contributed by atoms with Crippen molar-refractivity contribution in [1.29, 1.82) is 0 Å². The molecule has 0 bridgehead atoms. The average Bonchev–Trinajstić information content (AvgIpc) is 2.98. The predicted molar refractivity (Wildman–Crippen MR) is 191 cm³/mol. The molecule has 2 nitrogen and oxygen atoms in total. The van der Waals surface area contributed by atoms with Crippen LogP contribution in [0.4, 0.5) is 0 Å². The lowest BCUT2D eigenvalue weighted by Gasteiger charge is -2.38. The van der Waals surface area contributed by atoms with E-state index in [0.717, 1.165) is 0 Å². The summed E-state index contributed by atoms with van der Waals surface area (Å²) >= 11 is 0. The van der Waals surface area contributed by atoms with Gasteiger partial charge in [0.25, 0.3) is 0 Å². The summed E-state index contributed by atoms with van der Waals surface area (Å²) in [6.07, 6.45) is 0. The van der Waals surface area contributed by atoms with Crippen LogP contribution in [0.2, 0.25) is 0 Å². The van der Waals surface area contributed by atoms with Gasteiger partial charge in [-0.3, -0.25) is 0 Å². The Hall–Kier alpha value is -2.58. The summed E-state index contributed by atoms with van der Waals surface area (Å²) in [6, 6.07) is 35.4. The largest absolute Gasteiger partial charge is 0.242 e. The third-order valence-electron chi connectivity index (χ3n) is 8.10. The van der Waals surface area contributed by atoms with Crippen molar-refractivity contribution in [1.82, 2.24) is 4.31 Å². The van der Waals surface area contributed by atoms with Gasteiger partial charge in [-0.25, -0.2) is 8.51 Å². The van der Waals surface area contributed by atoms with Gasteiger partial charge in [0, 0.05) is 7.05 Å². The first-order chi connectivity index (χ1) is 20.3. The Morgan fingerprint density at radius 3 is 1.49 bits per heavy atom. The quantitative estimate of drug-likeness (QED) is 0.164. The monoisotopic (exact) mass is 611 g/mol. The molecule has 4 aromatic rings. The first-order valence-electron chi connectivity index (χ1n) is 15.6. The lowest BCUT2D eigenvalue weighted by molar-refractivity contribution is 0.434. The maximum atomic E-state index is 14.4. The molecule has 0 aliphatic heterocycles. The van der Waals surface area contributed by atoms with Crippen molar-refractivity contribution in [2.75, 3.05) is 7.05 Å². The van der Waals surface area contributed by atoms with Gasteiger partial charge in [-0.15, -0.1) is 0 Å². The summed E-state index contributed by atoms with van der Waals surface area (Å²) in [5, 5.41) is 3.95. The molecule has 4 rings (SSSR count). The Bertz CT molecular complexity index is 1450. The fourth-order valence-corrected chi connectivity index (χ4v) is 9.65. The minimum absolute atomic E-state index is 0.176. The van der Waals surface area contributed by atoms with Crippen LogP contribution in [0.5, 0.6) is 0 Å². The highest BCUT2D eigenvalue weighted by atomic mass is 32.2. The maximum absolute atomic E-state index is 14.4.